The van der Waals surface area contributed by atoms with E-state index in [1.54, 1.807) is 12.1 Å². The summed E-state index contributed by atoms with van der Waals surface area (Å²) in [7, 11) is 0. The molecule has 0 aliphatic rings. The smallest absolute Gasteiger partial charge is 0.314 e. The molecule has 1 aromatic carbocycles. The van der Waals surface area contributed by atoms with Crippen LogP contribution in [0.4, 0.5) is 9.18 Å². The number of carboxylic acid groups (broad SMARTS) is 1. The monoisotopic (exact) mass is 282 g/mol. The number of hydrogen-bond acceptors (Lipinski definition) is 2. The van der Waals surface area contributed by atoms with Gasteiger partial charge in [-0.2, -0.15) is 0 Å². The average Bonchev–Trinajstić information content (AvgIpc) is 2.38. The van der Waals surface area contributed by atoms with E-state index in [1.807, 2.05) is 6.92 Å². The van der Waals surface area contributed by atoms with Gasteiger partial charge in [-0.05, 0) is 31.4 Å². The summed E-state index contributed by atoms with van der Waals surface area (Å²) in [6.07, 6.45) is 0.820. The molecule has 0 aromatic heterocycles. The van der Waals surface area contributed by atoms with Crippen molar-refractivity contribution in [3.63, 3.8) is 0 Å². The third-order valence-corrected chi connectivity index (χ3v) is 2.73. The van der Waals surface area contributed by atoms with Crippen molar-refractivity contribution in [3.05, 3.63) is 35.1 Å². The van der Waals surface area contributed by atoms with Crippen molar-refractivity contribution >= 4 is 12.0 Å². The number of nitrogens with one attached hydrogen (secondary N) is 2. The first-order valence-corrected chi connectivity index (χ1v) is 6.47. The summed E-state index contributed by atoms with van der Waals surface area (Å²) in [4.78, 5) is 21.6. The fourth-order valence-corrected chi connectivity index (χ4v) is 1.71. The summed E-state index contributed by atoms with van der Waals surface area (Å²) in [6.45, 7) is 2.51. The quantitative estimate of drug-likeness (QED) is 0.668. The van der Waals surface area contributed by atoms with E-state index in [2.05, 4.69) is 10.6 Å². The maximum Gasteiger partial charge on any atom is 0.314 e. The van der Waals surface area contributed by atoms with Crippen LogP contribution in [0.25, 0.3) is 0 Å². The fourth-order valence-electron chi connectivity index (χ4n) is 1.71. The Morgan fingerprint density at radius 3 is 2.65 bits per heavy atom. The molecule has 3 N–H and O–H groups in total. The van der Waals surface area contributed by atoms with Gasteiger partial charge in [0.2, 0.25) is 0 Å². The van der Waals surface area contributed by atoms with E-state index in [-0.39, 0.29) is 18.3 Å². The second kappa shape index (κ2) is 8.14. The van der Waals surface area contributed by atoms with Crippen LogP contribution in [0, 0.1) is 12.7 Å². The molecular formula is C14H19FN2O3. The van der Waals surface area contributed by atoms with Gasteiger partial charge in [0.25, 0.3) is 0 Å². The van der Waals surface area contributed by atoms with Crippen LogP contribution in [0.1, 0.15) is 24.0 Å². The number of benzene rings is 1. The third-order valence-electron chi connectivity index (χ3n) is 2.73. The van der Waals surface area contributed by atoms with Crippen molar-refractivity contribution < 1.29 is 19.1 Å². The number of urea groups is 1. The van der Waals surface area contributed by atoms with Crippen LogP contribution in [-0.4, -0.2) is 30.2 Å². The molecule has 0 aliphatic carbocycles. The second-order valence-corrected chi connectivity index (χ2v) is 4.52. The molecule has 1 rings (SSSR count). The van der Waals surface area contributed by atoms with Crippen molar-refractivity contribution in [2.45, 2.75) is 26.2 Å². The van der Waals surface area contributed by atoms with Gasteiger partial charge < -0.3 is 15.7 Å². The van der Waals surface area contributed by atoms with Gasteiger partial charge in [0, 0.05) is 19.5 Å². The first kappa shape index (κ1) is 15.9. The lowest BCUT2D eigenvalue weighted by Gasteiger charge is -2.08. The third kappa shape index (κ3) is 6.17. The lowest BCUT2D eigenvalue weighted by Crippen LogP contribution is -2.37. The maximum absolute atomic E-state index is 13.4. The lowest BCUT2D eigenvalue weighted by molar-refractivity contribution is -0.137. The van der Waals surface area contributed by atoms with Crippen LogP contribution in [0.5, 0.6) is 0 Å². The van der Waals surface area contributed by atoms with E-state index in [4.69, 9.17) is 5.11 Å². The fraction of sp³-hybridized carbons (Fsp3) is 0.429. The van der Waals surface area contributed by atoms with E-state index < -0.39 is 5.97 Å². The van der Waals surface area contributed by atoms with Crippen LogP contribution in [0.15, 0.2) is 18.2 Å². The lowest BCUT2D eigenvalue weighted by atomic mass is 10.1. The SMILES string of the molecule is Cc1ccc(F)c(CCNC(=O)NCCCC(=O)O)c1. The van der Waals surface area contributed by atoms with Gasteiger partial charge in [-0.3, -0.25) is 4.79 Å². The Morgan fingerprint density at radius 2 is 1.95 bits per heavy atom. The Kier molecular flexibility index (Phi) is 6.49. The number of carbonyl (C=O) groups excluding carboxylic acids is 1. The van der Waals surface area contributed by atoms with Gasteiger partial charge in [-0.25, -0.2) is 9.18 Å². The highest BCUT2D eigenvalue weighted by molar-refractivity contribution is 5.73. The predicted octanol–water partition coefficient (Wildman–Crippen LogP) is 1.84. The van der Waals surface area contributed by atoms with Crippen LogP contribution < -0.4 is 10.6 Å². The number of amides is 2. The van der Waals surface area contributed by atoms with Crippen molar-refractivity contribution in [2.24, 2.45) is 0 Å². The van der Waals surface area contributed by atoms with E-state index in [0.29, 0.717) is 31.5 Å². The van der Waals surface area contributed by atoms with E-state index in [9.17, 15) is 14.0 Å². The molecule has 6 heteroatoms. The maximum atomic E-state index is 13.4. The average molecular weight is 282 g/mol. The number of hydrogen-bond donors (Lipinski definition) is 3. The highest BCUT2D eigenvalue weighted by Gasteiger charge is 2.04. The van der Waals surface area contributed by atoms with Gasteiger partial charge in [-0.1, -0.05) is 17.7 Å². The predicted molar refractivity (Wildman–Crippen MR) is 73.1 cm³/mol. The van der Waals surface area contributed by atoms with Crippen LogP contribution in [-0.2, 0) is 11.2 Å². The summed E-state index contributed by atoms with van der Waals surface area (Å²) in [6, 6.07) is 4.49. The molecule has 0 radical (unpaired) electrons. The number of halogens is 1. The Morgan fingerprint density at radius 1 is 1.25 bits per heavy atom. The molecule has 0 aliphatic heterocycles. The minimum atomic E-state index is -0.887. The zero-order valence-electron chi connectivity index (χ0n) is 11.4. The summed E-state index contributed by atoms with van der Waals surface area (Å²) in [5, 5.41) is 13.6. The Bertz CT molecular complexity index is 477. The van der Waals surface area contributed by atoms with E-state index in [1.165, 1.54) is 6.07 Å². The minimum Gasteiger partial charge on any atom is -0.481 e. The first-order valence-electron chi connectivity index (χ1n) is 6.47. The number of aliphatic carboxylic acids is 1. The zero-order chi connectivity index (χ0) is 15.0. The molecule has 0 bridgehead atoms. The van der Waals surface area contributed by atoms with Gasteiger partial charge in [0.1, 0.15) is 5.82 Å². The van der Waals surface area contributed by atoms with Crippen LogP contribution >= 0.6 is 0 Å². The van der Waals surface area contributed by atoms with Gasteiger partial charge in [-0.15, -0.1) is 0 Å². The molecule has 0 heterocycles. The molecule has 5 nitrogen and oxygen atoms in total. The van der Waals surface area contributed by atoms with Gasteiger partial charge in [0.05, 0.1) is 0 Å². The standard InChI is InChI=1S/C14H19FN2O3/c1-10-4-5-12(15)11(9-10)6-8-17-14(20)16-7-2-3-13(18)19/h4-5,9H,2-3,6-8H2,1H3,(H,18,19)(H2,16,17,20). The first-order chi connectivity index (χ1) is 9.49. The van der Waals surface area contributed by atoms with Crippen molar-refractivity contribution in [3.8, 4) is 0 Å². The summed E-state index contributed by atoms with van der Waals surface area (Å²) >= 11 is 0. The van der Waals surface area contributed by atoms with Crippen molar-refractivity contribution in [2.75, 3.05) is 13.1 Å². The molecule has 2 amide bonds. The Balaban J connectivity index is 2.21. The van der Waals surface area contributed by atoms with Crippen molar-refractivity contribution in [1.29, 1.82) is 0 Å². The topological polar surface area (TPSA) is 78.4 Å². The zero-order valence-corrected chi connectivity index (χ0v) is 11.4. The van der Waals surface area contributed by atoms with Crippen LogP contribution in [0.2, 0.25) is 0 Å². The summed E-state index contributed by atoms with van der Waals surface area (Å²) < 4.78 is 13.4. The molecule has 0 saturated heterocycles. The van der Waals surface area contributed by atoms with Gasteiger partial charge in [0.15, 0.2) is 0 Å². The molecule has 110 valence electrons. The number of carboxylic acids is 1. The normalized spacial score (nSPS) is 10.1. The van der Waals surface area contributed by atoms with E-state index >= 15 is 0 Å². The second-order valence-electron chi connectivity index (χ2n) is 4.52. The summed E-state index contributed by atoms with van der Waals surface area (Å²) in [5.41, 5.74) is 1.54. The molecule has 1 aromatic rings. The highest BCUT2D eigenvalue weighted by atomic mass is 19.1. The van der Waals surface area contributed by atoms with Crippen molar-refractivity contribution in [1.82, 2.24) is 10.6 Å². The highest BCUT2D eigenvalue weighted by Crippen LogP contribution is 2.10. The number of aryl methyl sites for hydroxylation is 1. The summed E-state index contributed by atoms with van der Waals surface area (Å²) in [5.74, 6) is -1.17. The Hall–Kier alpha value is -2.11. The number of carbonyl (C=O) groups is 2. The Labute approximate surface area is 117 Å². The molecule has 0 saturated carbocycles. The van der Waals surface area contributed by atoms with E-state index in [0.717, 1.165) is 5.56 Å². The van der Waals surface area contributed by atoms with Gasteiger partial charge >= 0.3 is 12.0 Å². The minimum absolute atomic E-state index is 0.0226. The molecule has 0 fully saturated rings. The molecule has 0 unspecified atom stereocenters. The molecule has 20 heavy (non-hydrogen) atoms. The largest absolute Gasteiger partial charge is 0.481 e. The molecular weight excluding hydrogens is 263 g/mol. The molecule has 0 atom stereocenters. The molecule has 0 spiro atoms. The van der Waals surface area contributed by atoms with Crippen LogP contribution in [0.3, 0.4) is 0 Å². The number of rotatable bonds is 7.